The smallest absolute Gasteiger partial charge is 0.221 e. The van der Waals surface area contributed by atoms with E-state index >= 15 is 0 Å². The summed E-state index contributed by atoms with van der Waals surface area (Å²) < 4.78 is 39.0. The largest absolute Gasteiger partial charge is 0.371 e. The first-order valence-electron chi connectivity index (χ1n) is 14.6. The lowest BCUT2D eigenvalue weighted by atomic mass is 9.95. The van der Waals surface area contributed by atoms with Gasteiger partial charge in [-0.2, -0.15) is 0 Å². The molecule has 4 aromatic rings. The lowest BCUT2D eigenvalue weighted by Gasteiger charge is -2.49. The summed E-state index contributed by atoms with van der Waals surface area (Å²) in [7, 11) is 0. The zero-order valence-electron chi connectivity index (χ0n) is 24.2. The van der Waals surface area contributed by atoms with Crippen LogP contribution in [0.5, 0.6) is 0 Å². The van der Waals surface area contributed by atoms with Crippen LogP contribution < -0.4 is 0 Å². The molecule has 4 atom stereocenters. The second-order valence-electron chi connectivity index (χ2n) is 10.3. The van der Waals surface area contributed by atoms with E-state index < -0.39 is 24.1 Å². The Balaban J connectivity index is 1.41. The molecular weight excluding hydrogens is 528 g/mol. The summed E-state index contributed by atoms with van der Waals surface area (Å²) in [6.45, 7) is 4.42. The molecule has 0 N–H and O–H groups in total. The Kier molecular flexibility index (Phi) is 11.3. The highest BCUT2D eigenvalue weighted by Crippen LogP contribution is 2.35. The van der Waals surface area contributed by atoms with Crippen LogP contribution in [0.3, 0.4) is 0 Å². The first-order chi connectivity index (χ1) is 20.8. The van der Waals surface area contributed by atoms with Crippen LogP contribution in [0.1, 0.15) is 29.2 Å². The van der Waals surface area contributed by atoms with Gasteiger partial charge in [0.1, 0.15) is 24.9 Å². The van der Waals surface area contributed by atoms with E-state index in [0.717, 1.165) is 22.3 Å². The molecule has 0 bridgehead atoms. The molecule has 0 spiro atoms. The maximum atomic E-state index is 6.69. The van der Waals surface area contributed by atoms with Crippen molar-refractivity contribution >= 4 is 0 Å². The lowest BCUT2D eigenvalue weighted by Crippen LogP contribution is -2.66. The van der Waals surface area contributed by atoms with Gasteiger partial charge in [-0.15, -0.1) is 0 Å². The maximum absolute atomic E-state index is 6.69. The van der Waals surface area contributed by atoms with Crippen LogP contribution in [0, 0.1) is 0 Å². The van der Waals surface area contributed by atoms with Crippen molar-refractivity contribution in [1.82, 2.24) is 0 Å². The molecule has 0 amide bonds. The van der Waals surface area contributed by atoms with E-state index in [0.29, 0.717) is 33.0 Å². The molecule has 6 nitrogen and oxygen atoms in total. The number of benzene rings is 4. The highest BCUT2D eigenvalue weighted by Gasteiger charge is 2.54. The Morgan fingerprint density at radius 1 is 0.595 bits per heavy atom. The molecule has 1 saturated heterocycles. The predicted octanol–water partition coefficient (Wildman–Crippen LogP) is 6.72. The fourth-order valence-corrected chi connectivity index (χ4v) is 5.13. The molecule has 1 fully saturated rings. The molecule has 42 heavy (non-hydrogen) atoms. The van der Waals surface area contributed by atoms with E-state index in [4.69, 9.17) is 28.4 Å². The Bertz CT molecular complexity index is 1290. The van der Waals surface area contributed by atoms with Crippen LogP contribution in [0.15, 0.2) is 121 Å². The molecule has 0 saturated carbocycles. The third kappa shape index (κ3) is 8.35. The number of ether oxygens (including phenoxy) is 6. The Morgan fingerprint density at radius 2 is 1.05 bits per heavy atom. The van der Waals surface area contributed by atoms with Gasteiger partial charge in [0, 0.05) is 6.61 Å². The summed E-state index contributed by atoms with van der Waals surface area (Å²) in [5.41, 5.74) is 4.26. The van der Waals surface area contributed by atoms with E-state index in [9.17, 15) is 0 Å². The third-order valence-electron chi connectivity index (χ3n) is 7.26. The van der Waals surface area contributed by atoms with Crippen LogP contribution >= 0.6 is 0 Å². The fourth-order valence-electron chi connectivity index (χ4n) is 5.13. The summed E-state index contributed by atoms with van der Waals surface area (Å²) in [6, 6.07) is 40.4. The molecule has 1 aliphatic heterocycles. The van der Waals surface area contributed by atoms with Gasteiger partial charge in [0.15, 0.2) is 0 Å². The van der Waals surface area contributed by atoms with Crippen LogP contribution in [0.25, 0.3) is 0 Å². The van der Waals surface area contributed by atoms with Gasteiger partial charge in [0.25, 0.3) is 0 Å². The average molecular weight is 569 g/mol. The van der Waals surface area contributed by atoms with Crippen molar-refractivity contribution in [3.8, 4) is 0 Å². The van der Waals surface area contributed by atoms with Crippen molar-refractivity contribution in [2.75, 3.05) is 19.8 Å². The number of hydrogen-bond donors (Lipinski definition) is 0. The second kappa shape index (κ2) is 15.8. The molecule has 0 aromatic heterocycles. The minimum absolute atomic E-state index is 0.172. The average Bonchev–Trinajstić information content (AvgIpc) is 3.05. The summed E-state index contributed by atoms with van der Waals surface area (Å²) in [5, 5.41) is 0. The zero-order chi connectivity index (χ0) is 28.9. The van der Waals surface area contributed by atoms with Crippen molar-refractivity contribution in [3.05, 3.63) is 144 Å². The molecule has 4 aromatic carbocycles. The van der Waals surface area contributed by atoms with Crippen LogP contribution in [-0.4, -0.2) is 43.9 Å². The van der Waals surface area contributed by atoms with Crippen LogP contribution in [0.4, 0.5) is 0 Å². The van der Waals surface area contributed by atoms with Crippen LogP contribution in [0.2, 0.25) is 0 Å². The van der Waals surface area contributed by atoms with E-state index in [-0.39, 0.29) is 13.2 Å². The molecule has 6 heteroatoms. The summed E-state index contributed by atoms with van der Waals surface area (Å²) >= 11 is 0. The van der Waals surface area contributed by atoms with Gasteiger partial charge in [-0.05, 0) is 29.2 Å². The van der Waals surface area contributed by atoms with E-state index in [1.165, 1.54) is 0 Å². The van der Waals surface area contributed by atoms with Crippen molar-refractivity contribution in [1.29, 1.82) is 0 Å². The Hall–Kier alpha value is -3.36. The highest BCUT2D eigenvalue weighted by atomic mass is 16.7. The normalized spacial score (nSPS) is 22.2. The lowest BCUT2D eigenvalue weighted by molar-refractivity contribution is -0.369. The molecule has 0 radical (unpaired) electrons. The topological polar surface area (TPSA) is 55.4 Å². The number of hydrogen-bond acceptors (Lipinski definition) is 6. The van der Waals surface area contributed by atoms with Gasteiger partial charge >= 0.3 is 0 Å². The molecule has 0 aliphatic carbocycles. The molecule has 1 heterocycles. The summed E-state index contributed by atoms with van der Waals surface area (Å²) in [5.74, 6) is -1.19. The minimum atomic E-state index is -1.19. The first kappa shape index (κ1) is 30.1. The van der Waals surface area contributed by atoms with Crippen molar-refractivity contribution < 1.29 is 28.4 Å². The minimum Gasteiger partial charge on any atom is -0.371 e. The molecule has 1 aliphatic rings. The third-order valence-corrected chi connectivity index (χ3v) is 7.26. The van der Waals surface area contributed by atoms with Gasteiger partial charge in [-0.3, -0.25) is 0 Å². The van der Waals surface area contributed by atoms with Gasteiger partial charge in [0.2, 0.25) is 5.79 Å². The quantitative estimate of drug-likeness (QED) is 0.159. The van der Waals surface area contributed by atoms with Gasteiger partial charge in [-0.25, -0.2) is 0 Å². The van der Waals surface area contributed by atoms with E-state index in [1.807, 2.05) is 104 Å². The van der Waals surface area contributed by atoms with Gasteiger partial charge < -0.3 is 28.4 Å². The molecule has 0 unspecified atom stereocenters. The van der Waals surface area contributed by atoms with E-state index in [2.05, 4.69) is 24.3 Å². The van der Waals surface area contributed by atoms with Gasteiger partial charge in [0.05, 0.1) is 33.0 Å². The van der Waals surface area contributed by atoms with Crippen molar-refractivity contribution in [3.63, 3.8) is 0 Å². The molecule has 220 valence electrons. The Labute approximate surface area is 249 Å². The SMILES string of the molecule is CCO[C@]1(COCc2ccccc2)OC[C@@H](OCc2ccccc2)[C@@H](OCc2ccccc2)[C@@H]1OCc1ccccc1. The van der Waals surface area contributed by atoms with Crippen molar-refractivity contribution in [2.45, 2.75) is 57.5 Å². The first-order valence-corrected chi connectivity index (χ1v) is 14.6. The molecule has 5 rings (SSSR count). The highest BCUT2D eigenvalue weighted by molar-refractivity contribution is 5.16. The van der Waals surface area contributed by atoms with Crippen LogP contribution in [-0.2, 0) is 54.8 Å². The van der Waals surface area contributed by atoms with E-state index in [1.54, 1.807) is 0 Å². The van der Waals surface area contributed by atoms with Gasteiger partial charge in [-0.1, -0.05) is 121 Å². The monoisotopic (exact) mass is 568 g/mol. The Morgan fingerprint density at radius 3 is 1.55 bits per heavy atom. The van der Waals surface area contributed by atoms with Crippen molar-refractivity contribution in [2.24, 2.45) is 0 Å². The standard InChI is InChI=1S/C36H40O6/c1-2-41-36(28-37-23-29-15-7-3-8-16-29)35(40-26-32-21-13-6-14-22-32)34(39-25-31-19-11-5-12-20-31)33(27-42-36)38-24-30-17-9-4-10-18-30/h3-22,33-35H,2,23-28H2,1H3/t33-,34-,35+,36-/m1/s1. The fraction of sp³-hybridized carbons (Fsp3) is 0.333. The maximum Gasteiger partial charge on any atom is 0.221 e. The predicted molar refractivity (Wildman–Crippen MR) is 161 cm³/mol. The zero-order valence-corrected chi connectivity index (χ0v) is 24.2. The second-order valence-corrected chi connectivity index (χ2v) is 10.3. The summed E-state index contributed by atoms with van der Waals surface area (Å²) in [4.78, 5) is 0. The number of rotatable bonds is 15. The molecular formula is C36H40O6. The summed E-state index contributed by atoms with van der Waals surface area (Å²) in [6.07, 6.45) is -1.51.